The molecule has 1 unspecified atom stereocenters. The van der Waals surface area contributed by atoms with Crippen molar-refractivity contribution in [2.24, 2.45) is 0 Å². The van der Waals surface area contributed by atoms with Gasteiger partial charge in [-0.2, -0.15) is 4.58 Å². The molecular formula is C65H42N5+. The molecule has 0 fully saturated rings. The zero-order valence-electron chi connectivity index (χ0n) is 38.0. The van der Waals surface area contributed by atoms with Crippen molar-refractivity contribution in [1.29, 1.82) is 0 Å². The number of hydrogen-bond donors (Lipinski definition) is 0. The number of allylic oxidation sites excluding steroid dienone is 2. The van der Waals surface area contributed by atoms with E-state index < -0.39 is 0 Å². The number of pyridine rings is 1. The van der Waals surface area contributed by atoms with Crippen LogP contribution < -0.4 is 9.48 Å². The minimum absolute atomic E-state index is 0.0326. The van der Waals surface area contributed by atoms with E-state index in [-0.39, 0.29) is 6.04 Å². The largest absolute Gasteiger partial charge is 0.319 e. The molecule has 4 heterocycles. The maximum atomic E-state index is 5.34. The molecule has 12 aromatic rings. The summed E-state index contributed by atoms with van der Waals surface area (Å²) in [5.41, 5.74) is 21.6. The van der Waals surface area contributed by atoms with E-state index in [1.54, 1.807) is 0 Å². The van der Waals surface area contributed by atoms with Crippen molar-refractivity contribution in [3.63, 3.8) is 0 Å². The van der Waals surface area contributed by atoms with Gasteiger partial charge in [-0.3, -0.25) is 4.98 Å². The summed E-state index contributed by atoms with van der Waals surface area (Å²) in [5, 5.41) is 4.93. The molecule has 326 valence electrons. The maximum Gasteiger partial charge on any atom is 0.236 e. The van der Waals surface area contributed by atoms with Gasteiger partial charge in [0.25, 0.3) is 0 Å². The van der Waals surface area contributed by atoms with Gasteiger partial charge in [0.15, 0.2) is 0 Å². The first-order valence-corrected chi connectivity index (χ1v) is 24.1. The van der Waals surface area contributed by atoms with Gasteiger partial charge in [-0.1, -0.05) is 152 Å². The van der Waals surface area contributed by atoms with E-state index in [4.69, 9.17) is 4.98 Å². The Kier molecular flexibility index (Phi) is 8.36. The molecule has 2 aliphatic carbocycles. The van der Waals surface area contributed by atoms with Gasteiger partial charge in [0.1, 0.15) is 11.7 Å². The SMILES string of the molecule is C1=CC2=[N+](c3ccccc3)c3cc4c(cc3N(c3ccccc3)C2C=C1)-c1ncccc1-c1cccc(-n2c3ccccc3c3cc(-n5c6ccccc6c6ccccc65)ccc32)c1-c1ccccc1-4. The smallest absolute Gasteiger partial charge is 0.236 e. The lowest BCUT2D eigenvalue weighted by Crippen LogP contribution is -2.44. The van der Waals surface area contributed by atoms with Crippen LogP contribution in [0.1, 0.15) is 0 Å². The first kappa shape index (κ1) is 38.8. The Balaban J connectivity index is 1.01. The van der Waals surface area contributed by atoms with E-state index in [0.29, 0.717) is 0 Å². The molecule has 5 nitrogen and oxygen atoms in total. The Morgan fingerprint density at radius 3 is 1.80 bits per heavy atom. The molecular weight excluding hydrogens is 851 g/mol. The summed E-state index contributed by atoms with van der Waals surface area (Å²) in [6.07, 6.45) is 10.9. The van der Waals surface area contributed by atoms with Gasteiger partial charge in [0.2, 0.25) is 17.1 Å². The van der Waals surface area contributed by atoms with Crippen molar-refractivity contribution in [3.05, 3.63) is 249 Å². The number of aromatic nitrogens is 3. The first-order chi connectivity index (χ1) is 34.8. The second-order valence-electron chi connectivity index (χ2n) is 18.4. The highest BCUT2D eigenvalue weighted by molar-refractivity contribution is 6.16. The van der Waals surface area contributed by atoms with Crippen LogP contribution in [0.2, 0.25) is 0 Å². The summed E-state index contributed by atoms with van der Waals surface area (Å²) in [4.78, 5) is 7.84. The highest BCUT2D eigenvalue weighted by Crippen LogP contribution is 2.54. The fourth-order valence-electron chi connectivity index (χ4n) is 11.9. The van der Waals surface area contributed by atoms with Crippen molar-refractivity contribution >= 4 is 72.1 Å². The van der Waals surface area contributed by atoms with E-state index in [1.807, 2.05) is 6.20 Å². The third-order valence-corrected chi connectivity index (χ3v) is 14.8. The van der Waals surface area contributed by atoms with Crippen LogP contribution in [0.3, 0.4) is 0 Å². The van der Waals surface area contributed by atoms with E-state index in [0.717, 1.165) is 78.7 Å². The van der Waals surface area contributed by atoms with Gasteiger partial charge in [-0.05, 0) is 89.0 Å². The number of anilines is 2. The molecule has 9 aromatic carbocycles. The quantitative estimate of drug-likeness (QED) is 0.165. The van der Waals surface area contributed by atoms with Crippen LogP contribution in [0, 0.1) is 0 Å². The molecule has 0 saturated carbocycles. The van der Waals surface area contributed by atoms with Crippen molar-refractivity contribution in [2.75, 3.05) is 4.90 Å². The highest BCUT2D eigenvalue weighted by Gasteiger charge is 2.42. The van der Waals surface area contributed by atoms with Crippen molar-refractivity contribution in [1.82, 2.24) is 18.7 Å². The lowest BCUT2D eigenvalue weighted by molar-refractivity contribution is 0.897. The van der Waals surface area contributed by atoms with Crippen LogP contribution in [-0.2, 0) is 0 Å². The summed E-state index contributed by atoms with van der Waals surface area (Å²) >= 11 is 0. The lowest BCUT2D eigenvalue weighted by atomic mass is 9.81. The van der Waals surface area contributed by atoms with E-state index >= 15 is 0 Å². The molecule has 0 amide bonds. The van der Waals surface area contributed by atoms with E-state index in [2.05, 4.69) is 261 Å². The molecule has 70 heavy (non-hydrogen) atoms. The summed E-state index contributed by atoms with van der Waals surface area (Å²) in [5.74, 6) is 0. The van der Waals surface area contributed by atoms with Gasteiger partial charge in [0, 0.05) is 80.1 Å². The molecule has 3 aromatic heterocycles. The number of para-hydroxylation sites is 5. The Morgan fingerprint density at radius 1 is 0.400 bits per heavy atom. The first-order valence-electron chi connectivity index (χ1n) is 24.1. The molecule has 0 bridgehead atoms. The van der Waals surface area contributed by atoms with Crippen LogP contribution >= 0.6 is 0 Å². The second-order valence-corrected chi connectivity index (χ2v) is 18.4. The summed E-state index contributed by atoms with van der Waals surface area (Å²) in [6, 6.07) is 80.0. The highest BCUT2D eigenvalue weighted by atomic mass is 15.2. The Morgan fingerprint density at radius 2 is 1.03 bits per heavy atom. The zero-order valence-corrected chi connectivity index (χ0v) is 38.0. The molecule has 5 heteroatoms. The van der Waals surface area contributed by atoms with Gasteiger partial charge in [-0.25, -0.2) is 0 Å². The van der Waals surface area contributed by atoms with Crippen LogP contribution in [0.4, 0.5) is 22.7 Å². The average molecular weight is 893 g/mol. The lowest BCUT2D eigenvalue weighted by Gasteiger charge is -2.36. The molecule has 3 aliphatic rings. The Hall–Kier alpha value is -9.32. The molecule has 0 N–H and O–H groups in total. The van der Waals surface area contributed by atoms with Crippen molar-refractivity contribution in [2.45, 2.75) is 6.04 Å². The van der Waals surface area contributed by atoms with Crippen molar-refractivity contribution < 1.29 is 0 Å². The molecule has 0 saturated heterocycles. The zero-order chi connectivity index (χ0) is 45.9. The topological polar surface area (TPSA) is 29.0 Å². The third-order valence-electron chi connectivity index (χ3n) is 14.8. The maximum absolute atomic E-state index is 5.34. The monoisotopic (exact) mass is 892 g/mol. The minimum atomic E-state index is -0.0326. The normalized spacial score (nSPS) is 14.5. The molecule has 15 rings (SSSR count). The Labute approximate surface area is 404 Å². The molecule has 0 spiro atoms. The summed E-state index contributed by atoms with van der Waals surface area (Å²) in [6.45, 7) is 0. The number of hydrogen-bond acceptors (Lipinski definition) is 2. The number of rotatable bonds is 4. The number of benzene rings is 9. The van der Waals surface area contributed by atoms with Gasteiger partial charge in [0.05, 0.1) is 33.4 Å². The number of nitrogens with zero attached hydrogens (tertiary/aromatic N) is 5. The molecule has 0 radical (unpaired) electrons. The van der Waals surface area contributed by atoms with Crippen LogP contribution in [-0.4, -0.2) is 25.9 Å². The third kappa shape index (κ3) is 5.54. The fourth-order valence-corrected chi connectivity index (χ4v) is 11.9. The summed E-state index contributed by atoms with van der Waals surface area (Å²) < 4.78 is 7.38. The predicted octanol–water partition coefficient (Wildman–Crippen LogP) is 16.2. The summed E-state index contributed by atoms with van der Waals surface area (Å²) in [7, 11) is 0. The second kappa shape index (κ2) is 15.1. The van der Waals surface area contributed by atoms with Gasteiger partial charge < -0.3 is 14.0 Å². The fraction of sp³-hybridized carbons (Fsp3) is 0.0154. The van der Waals surface area contributed by atoms with Crippen molar-refractivity contribution in [3.8, 4) is 56.0 Å². The van der Waals surface area contributed by atoms with Gasteiger partial charge in [-0.15, -0.1) is 0 Å². The van der Waals surface area contributed by atoms with E-state index in [9.17, 15) is 0 Å². The average Bonchev–Trinajstić information content (AvgIpc) is 3.94. The van der Waals surface area contributed by atoms with Crippen LogP contribution in [0.25, 0.3) is 99.6 Å². The number of fused-ring (bicyclic) bond motifs is 16. The van der Waals surface area contributed by atoms with Crippen LogP contribution in [0.5, 0.6) is 0 Å². The molecule has 1 aliphatic heterocycles. The molecule has 1 atom stereocenters. The minimum Gasteiger partial charge on any atom is -0.319 e. The van der Waals surface area contributed by atoms with Crippen LogP contribution in [0.15, 0.2) is 249 Å². The Bertz CT molecular complexity index is 4190. The predicted molar refractivity (Wildman–Crippen MR) is 292 cm³/mol. The standard InChI is InChI=1S/C65H42N5/c1-3-19-42(20-4-1)67-59-33-15-16-34-60(59)68(43-21-5-2-6-22-43)63-41-54-52(40-62(63)67)45-23-7-8-27-49(45)64-50(51-29-18-38-66-65(51)54)28-17-35-61(64)70-57-32-14-11-26-48(57)53-39-44(36-37-58(53)70)69-55-30-12-9-24-46(55)47-25-10-13-31-56(47)69/h1-41,60H/q+1. The van der Waals surface area contributed by atoms with E-state index in [1.165, 1.54) is 49.4 Å². The van der Waals surface area contributed by atoms with Gasteiger partial charge >= 0.3 is 0 Å².